The Kier molecular flexibility index (Phi) is 3.99. The Bertz CT molecular complexity index is 962. The van der Waals surface area contributed by atoms with E-state index in [-0.39, 0.29) is 23.8 Å². The van der Waals surface area contributed by atoms with Gasteiger partial charge in [0.05, 0.1) is 17.3 Å². The van der Waals surface area contributed by atoms with E-state index >= 15 is 0 Å². The Morgan fingerprint density at radius 2 is 1.38 bits per heavy atom. The van der Waals surface area contributed by atoms with Crippen LogP contribution in [-0.2, 0) is 24.5 Å². The third-order valence-electron chi connectivity index (χ3n) is 7.03. The summed E-state index contributed by atoms with van der Waals surface area (Å²) in [6.45, 7) is 3.79. The van der Waals surface area contributed by atoms with E-state index < -0.39 is 23.5 Å². The van der Waals surface area contributed by atoms with Gasteiger partial charge in [-0.1, -0.05) is 48.5 Å². The summed E-state index contributed by atoms with van der Waals surface area (Å²) in [4.78, 5) is 28.8. The molecule has 0 unspecified atom stereocenters. The van der Waals surface area contributed by atoms with Crippen molar-refractivity contribution >= 4 is 11.8 Å². The van der Waals surface area contributed by atoms with E-state index in [0.29, 0.717) is 0 Å². The van der Waals surface area contributed by atoms with E-state index in [9.17, 15) is 9.59 Å². The van der Waals surface area contributed by atoms with Crippen molar-refractivity contribution in [1.82, 2.24) is 4.90 Å². The second kappa shape index (κ2) is 6.25. The van der Waals surface area contributed by atoms with Crippen molar-refractivity contribution in [1.29, 1.82) is 0 Å². The third-order valence-corrected chi connectivity index (χ3v) is 7.03. The zero-order chi connectivity index (χ0) is 20.5. The second-order valence-corrected chi connectivity index (χ2v) is 8.47. The normalized spacial score (nSPS) is 29.4. The molecule has 1 saturated heterocycles. The average Bonchev–Trinajstić information content (AvgIpc) is 3.00. The molecule has 0 saturated carbocycles. The number of nitrogens with zero attached hydrogens (tertiary/aromatic N) is 1. The Hall–Kier alpha value is -2.50. The Balaban J connectivity index is 1.91. The van der Waals surface area contributed by atoms with Crippen molar-refractivity contribution < 1.29 is 19.1 Å². The molecule has 5 heteroatoms. The number of amides is 2. The molecule has 5 nitrogen and oxygen atoms in total. The number of methoxy groups -OCH3 is 2. The fourth-order valence-electron chi connectivity index (χ4n) is 6.23. The first-order valence-corrected chi connectivity index (χ1v) is 10.1. The number of imide groups is 1. The lowest BCUT2D eigenvalue weighted by Crippen LogP contribution is -2.60. The molecule has 0 N–H and O–H groups in total. The van der Waals surface area contributed by atoms with E-state index in [0.717, 1.165) is 22.3 Å². The number of rotatable bonds is 4. The van der Waals surface area contributed by atoms with E-state index in [4.69, 9.17) is 9.47 Å². The molecule has 29 heavy (non-hydrogen) atoms. The van der Waals surface area contributed by atoms with Gasteiger partial charge >= 0.3 is 0 Å². The van der Waals surface area contributed by atoms with Crippen LogP contribution in [-0.4, -0.2) is 43.3 Å². The number of carbonyl (C=O) groups excluding carboxylic acids is 2. The van der Waals surface area contributed by atoms with Crippen LogP contribution in [0.25, 0.3) is 0 Å². The molecule has 6 rings (SSSR count). The molecule has 1 aliphatic heterocycles. The molecule has 2 aromatic carbocycles. The topological polar surface area (TPSA) is 55.8 Å². The second-order valence-electron chi connectivity index (χ2n) is 8.47. The minimum absolute atomic E-state index is 0.0839. The quantitative estimate of drug-likeness (QED) is 0.594. The van der Waals surface area contributed by atoms with Gasteiger partial charge in [0.15, 0.2) is 6.29 Å². The first-order valence-electron chi connectivity index (χ1n) is 10.1. The number of likely N-dealkylation sites (tertiary alicyclic amines) is 1. The number of hydrogen-bond donors (Lipinski definition) is 0. The number of ether oxygens (including phenoxy) is 2. The van der Waals surface area contributed by atoms with Gasteiger partial charge in [-0.15, -0.1) is 0 Å². The van der Waals surface area contributed by atoms with Crippen LogP contribution < -0.4 is 0 Å². The fourth-order valence-corrected chi connectivity index (χ4v) is 6.23. The molecule has 3 aliphatic carbocycles. The van der Waals surface area contributed by atoms with Crippen molar-refractivity contribution in [3.05, 3.63) is 70.8 Å². The molecule has 2 bridgehead atoms. The van der Waals surface area contributed by atoms with Crippen LogP contribution in [0.5, 0.6) is 0 Å². The lowest BCUT2D eigenvalue weighted by atomic mass is 9.47. The van der Waals surface area contributed by atoms with E-state index in [1.54, 1.807) is 14.2 Å². The monoisotopic (exact) mass is 391 g/mol. The summed E-state index contributed by atoms with van der Waals surface area (Å²) in [5, 5.41) is 0. The minimum Gasteiger partial charge on any atom is -0.355 e. The van der Waals surface area contributed by atoms with Gasteiger partial charge in [-0.3, -0.25) is 14.5 Å². The SMILES string of the molecule is COC(OC)C12c3ccccc3C(c3ccccc31)[C@H]1C(=O)N(C(C)C)C(=O)[C@H]12. The highest BCUT2D eigenvalue weighted by molar-refractivity contribution is 6.08. The number of hydrogen-bond acceptors (Lipinski definition) is 4. The Morgan fingerprint density at radius 3 is 1.86 bits per heavy atom. The van der Waals surface area contributed by atoms with Crippen LogP contribution in [0.2, 0.25) is 0 Å². The largest absolute Gasteiger partial charge is 0.355 e. The molecule has 2 atom stereocenters. The van der Waals surface area contributed by atoms with Crippen LogP contribution >= 0.6 is 0 Å². The van der Waals surface area contributed by atoms with Crippen molar-refractivity contribution in [3.63, 3.8) is 0 Å². The summed E-state index contributed by atoms with van der Waals surface area (Å²) in [7, 11) is 3.20. The maximum Gasteiger partial charge on any atom is 0.234 e. The summed E-state index contributed by atoms with van der Waals surface area (Å²) in [5.41, 5.74) is 3.39. The molecule has 1 fully saturated rings. The first-order chi connectivity index (χ1) is 14.0. The predicted octanol–water partition coefficient (Wildman–Crippen LogP) is 3.06. The molecule has 150 valence electrons. The zero-order valence-electron chi connectivity index (χ0n) is 17.1. The van der Waals surface area contributed by atoms with Crippen LogP contribution in [0.4, 0.5) is 0 Å². The van der Waals surface area contributed by atoms with Gasteiger partial charge in [0, 0.05) is 26.2 Å². The number of carbonyl (C=O) groups is 2. The summed E-state index contributed by atoms with van der Waals surface area (Å²) >= 11 is 0. The van der Waals surface area contributed by atoms with Crippen LogP contribution in [0, 0.1) is 11.8 Å². The van der Waals surface area contributed by atoms with Crippen molar-refractivity contribution in [3.8, 4) is 0 Å². The van der Waals surface area contributed by atoms with Gasteiger partial charge in [0.25, 0.3) is 0 Å². The molecule has 4 aliphatic rings. The predicted molar refractivity (Wildman–Crippen MR) is 107 cm³/mol. The molecule has 0 spiro atoms. The van der Waals surface area contributed by atoms with Gasteiger partial charge in [0.2, 0.25) is 11.8 Å². The van der Waals surface area contributed by atoms with E-state index in [2.05, 4.69) is 24.3 Å². The van der Waals surface area contributed by atoms with Gasteiger partial charge in [0.1, 0.15) is 0 Å². The average molecular weight is 391 g/mol. The highest BCUT2D eigenvalue weighted by Crippen LogP contribution is 2.65. The molecule has 2 amide bonds. The zero-order valence-corrected chi connectivity index (χ0v) is 17.1. The molecule has 1 heterocycles. The first kappa shape index (κ1) is 18.5. The Morgan fingerprint density at radius 1 is 0.862 bits per heavy atom. The number of benzene rings is 2. The maximum atomic E-state index is 13.7. The molecular weight excluding hydrogens is 366 g/mol. The van der Waals surface area contributed by atoms with Crippen LogP contribution in [0.3, 0.4) is 0 Å². The van der Waals surface area contributed by atoms with Crippen molar-refractivity contribution in [2.45, 2.75) is 37.5 Å². The standard InChI is InChI=1S/C24H25NO4/c1-13(2)25-21(26)19-18-14-9-5-7-11-16(14)24(20(19)22(25)27,23(28-3)29-4)17-12-8-6-10-15(17)18/h5-13,18-20,23H,1-4H3/t18?,19-,20+,24?/m1/s1. The van der Waals surface area contributed by atoms with Crippen LogP contribution in [0.15, 0.2) is 48.5 Å². The van der Waals surface area contributed by atoms with Gasteiger partial charge in [-0.25, -0.2) is 0 Å². The van der Waals surface area contributed by atoms with Gasteiger partial charge in [-0.2, -0.15) is 0 Å². The van der Waals surface area contributed by atoms with E-state index in [1.807, 2.05) is 38.1 Å². The summed E-state index contributed by atoms with van der Waals surface area (Å²) in [5.74, 6) is -1.33. The summed E-state index contributed by atoms with van der Waals surface area (Å²) < 4.78 is 11.7. The van der Waals surface area contributed by atoms with Crippen LogP contribution in [0.1, 0.15) is 42.0 Å². The molecular formula is C24H25NO4. The third kappa shape index (κ3) is 2.02. The Labute approximate surface area is 170 Å². The van der Waals surface area contributed by atoms with Crippen molar-refractivity contribution in [2.24, 2.45) is 11.8 Å². The van der Waals surface area contributed by atoms with Gasteiger partial charge < -0.3 is 9.47 Å². The molecule has 2 aromatic rings. The minimum atomic E-state index is -0.869. The maximum absolute atomic E-state index is 13.7. The highest BCUT2D eigenvalue weighted by atomic mass is 16.7. The molecule has 0 aromatic heterocycles. The fraction of sp³-hybridized carbons (Fsp3) is 0.417. The van der Waals surface area contributed by atoms with E-state index in [1.165, 1.54) is 4.90 Å². The van der Waals surface area contributed by atoms with Crippen molar-refractivity contribution in [2.75, 3.05) is 14.2 Å². The van der Waals surface area contributed by atoms with Gasteiger partial charge in [-0.05, 0) is 36.1 Å². The highest BCUT2D eigenvalue weighted by Gasteiger charge is 2.70. The summed E-state index contributed by atoms with van der Waals surface area (Å²) in [6.07, 6.45) is -0.692. The molecule has 0 radical (unpaired) electrons. The lowest BCUT2D eigenvalue weighted by molar-refractivity contribution is -0.169. The smallest absolute Gasteiger partial charge is 0.234 e. The summed E-state index contributed by atoms with van der Waals surface area (Å²) in [6, 6.07) is 16.1. The lowest BCUT2D eigenvalue weighted by Gasteiger charge is -2.56.